The molecule has 0 fully saturated rings. The maximum atomic E-state index is 13.0. The molecule has 2 rings (SSSR count). The lowest BCUT2D eigenvalue weighted by Crippen LogP contribution is -2.38. The Bertz CT molecular complexity index is 711. The Hall–Kier alpha value is -2.40. The predicted octanol–water partition coefficient (Wildman–Crippen LogP) is 3.63. The van der Waals surface area contributed by atoms with Crippen molar-refractivity contribution >= 4 is 5.91 Å². The van der Waals surface area contributed by atoms with E-state index in [1.165, 1.54) is 23.3 Å². The molecule has 0 heterocycles. The van der Waals surface area contributed by atoms with Gasteiger partial charge in [-0.3, -0.25) is 9.69 Å². The second-order valence-corrected chi connectivity index (χ2v) is 6.75. The fourth-order valence-electron chi connectivity index (χ4n) is 2.78. The molecule has 1 amide bonds. The number of halogens is 1. The van der Waals surface area contributed by atoms with Gasteiger partial charge in [0, 0.05) is 6.54 Å². The molecule has 0 radical (unpaired) electrons. The number of amides is 1. The summed E-state index contributed by atoms with van der Waals surface area (Å²) in [5.41, 5.74) is 3.21. The molecule has 0 aliphatic rings. The van der Waals surface area contributed by atoms with Crippen molar-refractivity contribution in [3.8, 4) is 5.75 Å². The Balaban J connectivity index is 1.73. The summed E-state index contributed by atoms with van der Waals surface area (Å²) in [7, 11) is 1.88. The summed E-state index contributed by atoms with van der Waals surface area (Å²) >= 11 is 0. The highest BCUT2D eigenvalue weighted by molar-refractivity contribution is 5.78. The second-order valence-electron chi connectivity index (χ2n) is 6.75. The zero-order chi connectivity index (χ0) is 19.1. The molecule has 5 heteroatoms. The Morgan fingerprint density at radius 1 is 1.15 bits per heavy atom. The topological polar surface area (TPSA) is 41.6 Å². The van der Waals surface area contributed by atoms with Crippen molar-refractivity contribution in [3.63, 3.8) is 0 Å². The number of aryl methyl sites for hydroxylation is 2. The Labute approximate surface area is 155 Å². The Kier molecular flexibility index (Phi) is 7.16. The van der Waals surface area contributed by atoms with Crippen LogP contribution in [0.3, 0.4) is 0 Å². The van der Waals surface area contributed by atoms with E-state index in [0.717, 1.165) is 11.3 Å². The highest BCUT2D eigenvalue weighted by Gasteiger charge is 2.12. The molecule has 26 heavy (non-hydrogen) atoms. The van der Waals surface area contributed by atoms with E-state index in [1.807, 2.05) is 44.9 Å². The molecular weight excluding hydrogens is 331 g/mol. The first-order valence-electron chi connectivity index (χ1n) is 8.78. The normalized spacial score (nSPS) is 12.1. The summed E-state index contributed by atoms with van der Waals surface area (Å²) in [4.78, 5) is 14.1. The van der Waals surface area contributed by atoms with Gasteiger partial charge in [-0.25, -0.2) is 4.39 Å². The van der Waals surface area contributed by atoms with E-state index in [1.54, 1.807) is 12.1 Å². The predicted molar refractivity (Wildman–Crippen MR) is 102 cm³/mol. The van der Waals surface area contributed by atoms with Crippen molar-refractivity contribution in [2.24, 2.45) is 0 Å². The standard InChI is InChI=1S/C21H27FN2O2/c1-15-11-16(2)13-20(12-15)26-10-9-24(4)14-21(25)23-17(3)18-5-7-19(22)8-6-18/h5-8,11-13,17H,9-10,14H2,1-4H3,(H,23,25). The molecule has 0 aromatic heterocycles. The van der Waals surface area contributed by atoms with Crippen LogP contribution >= 0.6 is 0 Å². The van der Waals surface area contributed by atoms with E-state index in [2.05, 4.69) is 11.4 Å². The average Bonchev–Trinajstić information content (AvgIpc) is 2.54. The number of likely N-dealkylation sites (N-methyl/N-ethyl adjacent to an activating group) is 1. The summed E-state index contributed by atoms with van der Waals surface area (Å²) in [6.45, 7) is 7.40. The molecule has 0 aliphatic heterocycles. The van der Waals surface area contributed by atoms with Gasteiger partial charge < -0.3 is 10.1 Å². The average molecular weight is 358 g/mol. The number of ether oxygens (including phenoxy) is 1. The van der Waals surface area contributed by atoms with Crippen LogP contribution in [0.2, 0.25) is 0 Å². The fourth-order valence-corrected chi connectivity index (χ4v) is 2.78. The lowest BCUT2D eigenvalue weighted by molar-refractivity contribution is -0.122. The van der Waals surface area contributed by atoms with E-state index in [4.69, 9.17) is 4.74 Å². The van der Waals surface area contributed by atoms with Crippen LogP contribution in [0.5, 0.6) is 5.75 Å². The highest BCUT2D eigenvalue weighted by atomic mass is 19.1. The van der Waals surface area contributed by atoms with E-state index in [0.29, 0.717) is 13.2 Å². The van der Waals surface area contributed by atoms with E-state index in [-0.39, 0.29) is 24.3 Å². The van der Waals surface area contributed by atoms with Gasteiger partial charge in [-0.1, -0.05) is 18.2 Å². The quantitative estimate of drug-likeness (QED) is 0.783. The monoisotopic (exact) mass is 358 g/mol. The van der Waals surface area contributed by atoms with Gasteiger partial charge in [0.05, 0.1) is 12.6 Å². The van der Waals surface area contributed by atoms with Crippen molar-refractivity contribution in [2.75, 3.05) is 26.7 Å². The molecule has 0 aliphatic carbocycles. The summed E-state index contributed by atoms with van der Waals surface area (Å²) in [6, 6.07) is 12.1. The van der Waals surface area contributed by atoms with E-state index < -0.39 is 0 Å². The van der Waals surface area contributed by atoms with Gasteiger partial charge in [-0.15, -0.1) is 0 Å². The molecule has 4 nitrogen and oxygen atoms in total. The van der Waals surface area contributed by atoms with Crippen LogP contribution in [0.1, 0.15) is 29.7 Å². The lowest BCUT2D eigenvalue weighted by atomic mass is 10.1. The summed E-state index contributed by atoms with van der Waals surface area (Å²) < 4.78 is 18.7. The minimum atomic E-state index is -0.282. The van der Waals surface area contributed by atoms with Crippen molar-refractivity contribution in [2.45, 2.75) is 26.8 Å². The van der Waals surface area contributed by atoms with Crippen molar-refractivity contribution in [1.29, 1.82) is 0 Å². The number of nitrogens with one attached hydrogen (secondary N) is 1. The summed E-state index contributed by atoms with van der Waals surface area (Å²) in [6.07, 6.45) is 0. The molecule has 1 unspecified atom stereocenters. The summed E-state index contributed by atoms with van der Waals surface area (Å²) in [5, 5.41) is 2.93. The maximum Gasteiger partial charge on any atom is 0.234 e. The van der Waals surface area contributed by atoms with Gasteiger partial charge in [0.25, 0.3) is 0 Å². The van der Waals surface area contributed by atoms with Gasteiger partial charge in [-0.2, -0.15) is 0 Å². The molecule has 2 aromatic carbocycles. The second kappa shape index (κ2) is 9.34. The highest BCUT2D eigenvalue weighted by Crippen LogP contribution is 2.16. The molecule has 2 aromatic rings. The molecule has 0 saturated heterocycles. The lowest BCUT2D eigenvalue weighted by Gasteiger charge is -2.19. The van der Waals surface area contributed by atoms with Crippen LogP contribution in [-0.2, 0) is 4.79 Å². The zero-order valence-electron chi connectivity index (χ0n) is 15.9. The van der Waals surface area contributed by atoms with Crippen LogP contribution in [0.25, 0.3) is 0 Å². The zero-order valence-corrected chi connectivity index (χ0v) is 15.9. The fraction of sp³-hybridized carbons (Fsp3) is 0.381. The Morgan fingerprint density at radius 2 is 1.77 bits per heavy atom. The van der Waals surface area contributed by atoms with Crippen LogP contribution in [0, 0.1) is 19.7 Å². The van der Waals surface area contributed by atoms with Gasteiger partial charge >= 0.3 is 0 Å². The van der Waals surface area contributed by atoms with E-state index in [9.17, 15) is 9.18 Å². The molecular formula is C21H27FN2O2. The molecule has 1 atom stereocenters. The number of benzene rings is 2. The number of rotatable bonds is 8. The molecule has 0 spiro atoms. The summed E-state index contributed by atoms with van der Waals surface area (Å²) in [5.74, 6) is 0.497. The van der Waals surface area contributed by atoms with E-state index >= 15 is 0 Å². The smallest absolute Gasteiger partial charge is 0.234 e. The van der Waals surface area contributed by atoms with Gasteiger partial charge in [-0.05, 0) is 68.8 Å². The number of hydrogen-bond acceptors (Lipinski definition) is 3. The van der Waals surface area contributed by atoms with Crippen molar-refractivity contribution in [3.05, 3.63) is 65.0 Å². The third kappa shape index (κ3) is 6.48. The third-order valence-electron chi connectivity index (χ3n) is 4.10. The van der Waals surface area contributed by atoms with Crippen molar-refractivity contribution in [1.82, 2.24) is 10.2 Å². The number of carbonyl (C=O) groups excluding carboxylic acids is 1. The molecule has 0 saturated carbocycles. The largest absolute Gasteiger partial charge is 0.492 e. The minimum absolute atomic E-state index is 0.0734. The third-order valence-corrected chi connectivity index (χ3v) is 4.10. The first-order chi connectivity index (χ1) is 12.3. The molecule has 0 bridgehead atoms. The van der Waals surface area contributed by atoms with Crippen molar-refractivity contribution < 1.29 is 13.9 Å². The van der Waals surface area contributed by atoms with Gasteiger partial charge in [0.1, 0.15) is 18.2 Å². The minimum Gasteiger partial charge on any atom is -0.492 e. The van der Waals surface area contributed by atoms with Crippen LogP contribution < -0.4 is 10.1 Å². The first kappa shape index (κ1) is 19.9. The number of nitrogens with zero attached hydrogens (tertiary/aromatic N) is 1. The van der Waals surface area contributed by atoms with Crippen LogP contribution in [-0.4, -0.2) is 37.6 Å². The Morgan fingerprint density at radius 3 is 2.38 bits per heavy atom. The van der Waals surface area contributed by atoms with Crippen LogP contribution in [0.4, 0.5) is 4.39 Å². The van der Waals surface area contributed by atoms with Gasteiger partial charge in [0.15, 0.2) is 0 Å². The number of carbonyl (C=O) groups is 1. The number of hydrogen-bond donors (Lipinski definition) is 1. The molecule has 1 N–H and O–H groups in total. The SMILES string of the molecule is Cc1cc(C)cc(OCCN(C)CC(=O)NC(C)c2ccc(F)cc2)c1. The van der Waals surface area contributed by atoms with Gasteiger partial charge in [0.2, 0.25) is 5.91 Å². The molecule has 140 valence electrons. The van der Waals surface area contributed by atoms with Crippen LogP contribution in [0.15, 0.2) is 42.5 Å². The maximum absolute atomic E-state index is 13.0. The first-order valence-corrected chi connectivity index (χ1v) is 8.78.